The molecule has 8 nitrogen and oxygen atoms in total. The number of hydrogen-bond donors (Lipinski definition) is 3. The minimum absolute atomic E-state index is 0.00869. The fraction of sp³-hybridized carbons (Fsp3) is 0.818. The molecule has 114 valence electrons. The summed E-state index contributed by atoms with van der Waals surface area (Å²) in [6.07, 6.45) is -0.588. The zero-order valence-corrected chi connectivity index (χ0v) is 11.9. The summed E-state index contributed by atoms with van der Waals surface area (Å²) in [6, 6.07) is -1.72. The smallest absolute Gasteiger partial charge is 0.326 e. The summed E-state index contributed by atoms with van der Waals surface area (Å²) in [5, 5.41) is 21.1. The molecule has 2 heterocycles. The molecular formula is C11H18N2O6S. The minimum Gasteiger partial charge on any atom is -0.480 e. The first-order chi connectivity index (χ1) is 9.12. The Morgan fingerprint density at radius 1 is 1.40 bits per heavy atom. The number of hydrogen-bond acceptors (Lipinski definition) is 5. The van der Waals surface area contributed by atoms with Crippen molar-refractivity contribution in [3.05, 3.63) is 0 Å². The van der Waals surface area contributed by atoms with Crippen LogP contribution >= 0.6 is 0 Å². The van der Waals surface area contributed by atoms with Crippen molar-refractivity contribution >= 4 is 21.8 Å². The molecule has 3 N–H and O–H groups in total. The molecule has 2 aliphatic rings. The summed E-state index contributed by atoms with van der Waals surface area (Å²) in [5.41, 5.74) is -0.882. The Morgan fingerprint density at radius 3 is 2.55 bits per heavy atom. The molecule has 3 atom stereocenters. The third-order valence-corrected chi connectivity index (χ3v) is 5.64. The van der Waals surface area contributed by atoms with E-state index in [4.69, 9.17) is 5.11 Å². The number of aliphatic hydroxyl groups is 1. The van der Waals surface area contributed by atoms with Crippen LogP contribution in [0.1, 0.15) is 19.8 Å². The molecule has 1 unspecified atom stereocenters. The first-order valence-electron chi connectivity index (χ1n) is 6.32. The highest BCUT2D eigenvalue weighted by molar-refractivity contribution is 7.91. The fourth-order valence-corrected chi connectivity index (χ4v) is 4.80. The molecule has 2 amide bonds. The van der Waals surface area contributed by atoms with Gasteiger partial charge in [-0.05, 0) is 13.3 Å². The summed E-state index contributed by atoms with van der Waals surface area (Å²) in [7, 11) is -3.16. The highest BCUT2D eigenvalue weighted by Gasteiger charge is 2.44. The van der Waals surface area contributed by atoms with Crippen molar-refractivity contribution in [3.63, 3.8) is 0 Å². The van der Waals surface area contributed by atoms with Crippen molar-refractivity contribution in [3.8, 4) is 0 Å². The van der Waals surface area contributed by atoms with Gasteiger partial charge in [0.2, 0.25) is 0 Å². The first kappa shape index (κ1) is 15.0. The van der Waals surface area contributed by atoms with Crippen molar-refractivity contribution in [1.29, 1.82) is 0 Å². The first-order valence-corrected chi connectivity index (χ1v) is 8.14. The van der Waals surface area contributed by atoms with Gasteiger partial charge in [0.15, 0.2) is 9.84 Å². The molecule has 20 heavy (non-hydrogen) atoms. The number of sulfone groups is 1. The van der Waals surface area contributed by atoms with E-state index in [1.54, 1.807) is 6.92 Å². The van der Waals surface area contributed by atoms with Crippen molar-refractivity contribution in [2.24, 2.45) is 0 Å². The van der Waals surface area contributed by atoms with Crippen LogP contribution in [0.5, 0.6) is 0 Å². The molecule has 0 saturated carbocycles. The molecule has 0 aromatic heterocycles. The zero-order valence-electron chi connectivity index (χ0n) is 11.1. The normalized spacial score (nSPS) is 36.0. The Morgan fingerprint density at radius 2 is 2.05 bits per heavy atom. The maximum absolute atomic E-state index is 12.1. The van der Waals surface area contributed by atoms with Gasteiger partial charge in [0, 0.05) is 13.0 Å². The van der Waals surface area contributed by atoms with E-state index < -0.39 is 39.5 Å². The Hall–Kier alpha value is -1.35. The van der Waals surface area contributed by atoms with Crippen LogP contribution in [0.3, 0.4) is 0 Å². The quantitative estimate of drug-likeness (QED) is 0.588. The number of carboxylic acids is 1. The number of carbonyl (C=O) groups excluding carboxylic acids is 1. The molecule has 0 aromatic rings. The fourth-order valence-electron chi connectivity index (χ4n) is 2.71. The standard InChI is InChI=1S/C11H18N2O6S/c1-11(2-3-20(18,19)6-11)12-10(17)13-5-7(14)4-8(13)9(15)16/h7-8,14H,2-6H2,1H3,(H,12,17)(H,15,16)/t7-,8+,11?/m1/s1. The van der Waals surface area contributed by atoms with E-state index in [2.05, 4.69) is 5.32 Å². The molecule has 0 radical (unpaired) electrons. The SMILES string of the molecule is CC1(NC(=O)N2C[C@H](O)C[C@H]2C(=O)O)CCS(=O)(=O)C1. The maximum atomic E-state index is 12.1. The summed E-state index contributed by atoms with van der Waals surface area (Å²) < 4.78 is 22.9. The van der Waals surface area contributed by atoms with Crippen molar-refractivity contribution in [2.45, 2.75) is 37.5 Å². The summed E-state index contributed by atoms with van der Waals surface area (Å²) in [4.78, 5) is 24.2. The van der Waals surface area contributed by atoms with Gasteiger partial charge in [0.1, 0.15) is 6.04 Å². The molecule has 0 aliphatic carbocycles. The Balaban J connectivity index is 2.07. The van der Waals surface area contributed by atoms with Crippen LogP contribution in [-0.4, -0.2) is 71.3 Å². The van der Waals surface area contributed by atoms with E-state index in [0.29, 0.717) is 6.42 Å². The molecule has 2 fully saturated rings. The summed E-state index contributed by atoms with van der Waals surface area (Å²) in [5.74, 6) is -1.32. The topological polar surface area (TPSA) is 124 Å². The minimum atomic E-state index is -3.16. The third-order valence-electron chi connectivity index (χ3n) is 3.74. The van der Waals surface area contributed by atoms with Crippen LogP contribution in [-0.2, 0) is 14.6 Å². The van der Waals surface area contributed by atoms with Gasteiger partial charge in [-0.3, -0.25) is 0 Å². The number of aliphatic hydroxyl groups excluding tert-OH is 1. The van der Waals surface area contributed by atoms with Crippen LogP contribution in [0.4, 0.5) is 4.79 Å². The predicted octanol–water partition coefficient (Wildman–Crippen LogP) is -1.21. The Bertz CT molecular complexity index is 533. The third kappa shape index (κ3) is 3.04. The van der Waals surface area contributed by atoms with Crippen LogP contribution in [0.25, 0.3) is 0 Å². The van der Waals surface area contributed by atoms with Gasteiger partial charge in [-0.25, -0.2) is 18.0 Å². The number of nitrogens with zero attached hydrogens (tertiary/aromatic N) is 1. The monoisotopic (exact) mass is 306 g/mol. The second kappa shape index (κ2) is 4.88. The second-order valence-corrected chi connectivity index (χ2v) is 7.91. The van der Waals surface area contributed by atoms with E-state index in [1.165, 1.54) is 0 Å². The molecule has 2 saturated heterocycles. The number of aliphatic carboxylic acids is 1. The van der Waals surface area contributed by atoms with Crippen LogP contribution in [0, 0.1) is 0 Å². The van der Waals surface area contributed by atoms with Gasteiger partial charge < -0.3 is 20.4 Å². The summed E-state index contributed by atoms with van der Waals surface area (Å²) >= 11 is 0. The van der Waals surface area contributed by atoms with E-state index >= 15 is 0 Å². The number of β-amino-alcohol motifs (C(OH)–C–C–N with tert-alkyl or cyclic N) is 1. The van der Waals surface area contributed by atoms with E-state index in [0.717, 1.165) is 4.90 Å². The molecule has 0 aromatic carbocycles. The van der Waals surface area contributed by atoms with Crippen molar-refractivity contribution < 1.29 is 28.2 Å². The van der Waals surface area contributed by atoms with Gasteiger partial charge in [0.25, 0.3) is 0 Å². The lowest BCUT2D eigenvalue weighted by Gasteiger charge is -2.29. The van der Waals surface area contributed by atoms with Crippen LogP contribution in [0.15, 0.2) is 0 Å². The highest BCUT2D eigenvalue weighted by atomic mass is 32.2. The molecule has 0 spiro atoms. The second-order valence-electron chi connectivity index (χ2n) is 5.73. The van der Waals surface area contributed by atoms with E-state index in [9.17, 15) is 23.1 Å². The zero-order chi connectivity index (χ0) is 15.1. The Labute approximate surface area is 116 Å². The van der Waals surface area contributed by atoms with Gasteiger partial charge in [-0.2, -0.15) is 0 Å². The average Bonchev–Trinajstić information content (AvgIpc) is 2.79. The molecule has 2 aliphatic heterocycles. The molecule has 2 rings (SSSR count). The Kier molecular flexibility index (Phi) is 3.67. The number of rotatable bonds is 2. The maximum Gasteiger partial charge on any atom is 0.326 e. The lowest BCUT2D eigenvalue weighted by molar-refractivity contribution is -0.141. The van der Waals surface area contributed by atoms with Crippen molar-refractivity contribution in [2.75, 3.05) is 18.1 Å². The molecular weight excluding hydrogens is 288 g/mol. The van der Waals surface area contributed by atoms with Crippen molar-refractivity contribution in [1.82, 2.24) is 10.2 Å². The largest absolute Gasteiger partial charge is 0.480 e. The number of carbonyl (C=O) groups is 2. The number of likely N-dealkylation sites (tertiary alicyclic amines) is 1. The number of nitrogens with one attached hydrogen (secondary N) is 1. The van der Waals surface area contributed by atoms with E-state index in [-0.39, 0.29) is 24.5 Å². The van der Waals surface area contributed by atoms with Gasteiger partial charge in [-0.15, -0.1) is 0 Å². The molecule has 0 bridgehead atoms. The summed E-state index contributed by atoms with van der Waals surface area (Å²) in [6.45, 7) is 1.56. The highest BCUT2D eigenvalue weighted by Crippen LogP contribution is 2.25. The lowest BCUT2D eigenvalue weighted by atomic mass is 10.0. The number of amides is 2. The average molecular weight is 306 g/mol. The van der Waals surface area contributed by atoms with Crippen LogP contribution in [0.2, 0.25) is 0 Å². The van der Waals surface area contributed by atoms with Crippen LogP contribution < -0.4 is 5.32 Å². The van der Waals surface area contributed by atoms with E-state index in [1.807, 2.05) is 0 Å². The molecule has 9 heteroatoms. The lowest BCUT2D eigenvalue weighted by Crippen LogP contribution is -2.54. The van der Waals surface area contributed by atoms with Gasteiger partial charge in [0.05, 0.1) is 23.1 Å². The number of carboxylic acid groups (broad SMARTS) is 1. The van der Waals surface area contributed by atoms with Gasteiger partial charge in [-0.1, -0.05) is 0 Å². The van der Waals surface area contributed by atoms with Gasteiger partial charge >= 0.3 is 12.0 Å². The number of urea groups is 1. The predicted molar refractivity (Wildman–Crippen MR) is 69.0 cm³/mol.